The molecule has 5 aliphatic carbocycles. The molecule has 8 unspecified atom stereocenters. The molecule has 5 aliphatic rings. The smallest absolute Gasteiger partial charge is 0.302 e. The summed E-state index contributed by atoms with van der Waals surface area (Å²) in [6, 6.07) is 8.48. The normalized spacial score (nSPS) is 38.4. The molecule has 0 heterocycles. The van der Waals surface area contributed by atoms with Gasteiger partial charge >= 0.3 is 5.97 Å². The van der Waals surface area contributed by atoms with E-state index in [1.165, 1.54) is 25.0 Å². The summed E-state index contributed by atoms with van der Waals surface area (Å²) in [4.78, 5) is 51.8. The Kier molecular flexibility index (Phi) is 12.4. The number of rotatable bonds is 4. The maximum Gasteiger partial charge on any atom is 0.302 e. The number of aryl methyl sites for hydroxylation is 2. The van der Waals surface area contributed by atoms with Gasteiger partial charge in [-0.05, 0) is 122 Å². The second-order valence-electron chi connectivity index (χ2n) is 17.5. The fraction of sp³-hybridized carbons (Fsp3) is 0.733. The number of hydrogen-bond donors (Lipinski definition) is 0. The first-order chi connectivity index (χ1) is 22.8. The van der Waals surface area contributed by atoms with Crippen LogP contribution in [-0.4, -0.2) is 29.4 Å². The van der Waals surface area contributed by atoms with Crippen LogP contribution < -0.4 is 0 Å². The van der Waals surface area contributed by atoms with E-state index in [1.54, 1.807) is 0 Å². The van der Waals surface area contributed by atoms with E-state index < -0.39 is 11.2 Å². The number of fused-ring (bicyclic) bond motifs is 7. The average Bonchev–Trinajstić information content (AvgIpc) is 3.36. The van der Waals surface area contributed by atoms with Crippen molar-refractivity contribution in [2.45, 2.75) is 161 Å². The van der Waals surface area contributed by atoms with E-state index in [9.17, 15) is 19.2 Å². The van der Waals surface area contributed by atoms with Gasteiger partial charge in [-0.15, -0.1) is 0 Å². The molecule has 5 heteroatoms. The highest BCUT2D eigenvalue weighted by atomic mass is 16.5. The molecule has 0 aliphatic heterocycles. The third-order valence-corrected chi connectivity index (χ3v) is 15.0. The summed E-state index contributed by atoms with van der Waals surface area (Å²) < 4.78 is 5.79. The maximum absolute atomic E-state index is 13.7. The number of hydrogen-bond acceptors (Lipinski definition) is 5. The molecule has 5 nitrogen and oxygen atoms in total. The Morgan fingerprint density at radius 1 is 0.820 bits per heavy atom. The SMILES string of the molecule is C.CC.CC(=O)OC1CCC2(C)C(CCC3(C)C2CCC2(C)C4=C(C(C)C)C(=O)CC4(C(=O)C(C)=O)CC[C@]23C)C1C.Cc1ccc(C)cc1. The van der Waals surface area contributed by atoms with Crippen LogP contribution in [0.5, 0.6) is 0 Å². The lowest BCUT2D eigenvalue weighted by Crippen LogP contribution is -2.67. The summed E-state index contributed by atoms with van der Waals surface area (Å²) in [5, 5.41) is 0. The molecule has 9 atom stereocenters. The molecule has 0 N–H and O–H groups in total. The van der Waals surface area contributed by atoms with E-state index in [4.69, 9.17) is 4.74 Å². The Bertz CT molecular complexity index is 1460. The Labute approximate surface area is 305 Å². The summed E-state index contributed by atoms with van der Waals surface area (Å²) in [5.41, 5.74) is 3.41. The van der Waals surface area contributed by atoms with E-state index in [0.29, 0.717) is 24.2 Å². The third-order valence-electron chi connectivity index (χ3n) is 15.0. The minimum atomic E-state index is -0.947. The number of benzene rings is 1. The van der Waals surface area contributed by atoms with Crippen molar-refractivity contribution in [1.29, 1.82) is 0 Å². The largest absolute Gasteiger partial charge is 0.462 e. The Morgan fingerprint density at radius 3 is 1.88 bits per heavy atom. The van der Waals surface area contributed by atoms with Crippen LogP contribution in [0.25, 0.3) is 0 Å². The van der Waals surface area contributed by atoms with Gasteiger partial charge in [0.15, 0.2) is 11.6 Å². The van der Waals surface area contributed by atoms with Gasteiger partial charge in [0.05, 0.1) is 5.41 Å². The van der Waals surface area contributed by atoms with E-state index in [-0.39, 0.29) is 65.1 Å². The number of carbonyl (C=O) groups excluding carboxylic acids is 4. The molecule has 1 aromatic carbocycles. The van der Waals surface area contributed by atoms with E-state index in [2.05, 4.69) is 86.6 Å². The molecular formula is C45H70O5. The van der Waals surface area contributed by atoms with Gasteiger partial charge in [0.25, 0.3) is 0 Å². The highest BCUT2D eigenvalue weighted by Gasteiger charge is 2.73. The molecule has 0 amide bonds. The maximum atomic E-state index is 13.7. The molecule has 0 saturated heterocycles. The van der Waals surface area contributed by atoms with Crippen LogP contribution in [0.4, 0.5) is 0 Å². The number of allylic oxidation sites excluding steroid dienone is 2. The lowest BCUT2D eigenvalue weighted by Gasteiger charge is -2.74. The summed E-state index contributed by atoms with van der Waals surface area (Å²) in [5.74, 6) is 0.566. The van der Waals surface area contributed by atoms with E-state index in [0.717, 1.165) is 56.1 Å². The minimum Gasteiger partial charge on any atom is -0.462 e. The van der Waals surface area contributed by atoms with Crippen LogP contribution in [0.3, 0.4) is 0 Å². The Morgan fingerprint density at radius 2 is 1.38 bits per heavy atom. The number of esters is 1. The first kappa shape index (κ1) is 41.9. The van der Waals surface area contributed by atoms with Crippen molar-refractivity contribution in [3.8, 4) is 0 Å². The molecule has 0 bridgehead atoms. The molecule has 0 radical (unpaired) electrons. The fourth-order valence-electron chi connectivity index (χ4n) is 12.4. The predicted molar refractivity (Wildman–Crippen MR) is 205 cm³/mol. The zero-order valence-corrected chi connectivity index (χ0v) is 33.1. The summed E-state index contributed by atoms with van der Waals surface area (Å²) in [6.45, 7) is 27.4. The second kappa shape index (κ2) is 14.8. The van der Waals surface area contributed by atoms with Gasteiger partial charge in [0.2, 0.25) is 5.78 Å². The van der Waals surface area contributed by atoms with Crippen LogP contribution in [0.2, 0.25) is 0 Å². The van der Waals surface area contributed by atoms with Gasteiger partial charge < -0.3 is 4.74 Å². The van der Waals surface area contributed by atoms with Gasteiger partial charge in [0, 0.05) is 20.3 Å². The first-order valence-electron chi connectivity index (χ1n) is 19.3. The molecule has 1 aromatic rings. The Balaban J connectivity index is 0.000000536. The standard InChI is InChI=1S/C34H50O5.C8H10.C2H6.CH4/c1-19(2)27-24(37)18-34(29(38)21(4)35)17-16-33(9)31(7)14-10-23-20(3)25(39-22(5)36)11-13-30(23,6)26(31)12-15-32(33,8)28(27)34;1-7-3-5-8(2)6-4-7;1-2;/h19-20,23,25-26H,10-18H2,1-9H3;3-6H,1-2H3;1-2H3;1H4/t20?,23?,25?,26?,30?,31?,32?,33-,34?;;;/m0.../s1. The molecule has 4 saturated carbocycles. The zero-order chi connectivity index (χ0) is 36.9. The molecule has 6 rings (SSSR count). The van der Waals surface area contributed by atoms with Crippen molar-refractivity contribution < 1.29 is 23.9 Å². The van der Waals surface area contributed by atoms with E-state index in [1.807, 2.05) is 13.8 Å². The molecule has 50 heavy (non-hydrogen) atoms. The van der Waals surface area contributed by atoms with Crippen LogP contribution in [0.15, 0.2) is 35.4 Å². The molecule has 0 spiro atoms. The first-order valence-corrected chi connectivity index (χ1v) is 19.3. The monoisotopic (exact) mass is 691 g/mol. The van der Waals surface area contributed by atoms with Crippen LogP contribution in [-0.2, 0) is 23.9 Å². The molecule has 280 valence electrons. The van der Waals surface area contributed by atoms with Crippen molar-refractivity contribution in [3.05, 3.63) is 46.5 Å². The van der Waals surface area contributed by atoms with Crippen LogP contribution in [0, 0.1) is 64.6 Å². The zero-order valence-electron chi connectivity index (χ0n) is 33.1. The summed E-state index contributed by atoms with van der Waals surface area (Å²) in [6.07, 6.45) is 7.85. The summed E-state index contributed by atoms with van der Waals surface area (Å²) >= 11 is 0. The predicted octanol–water partition coefficient (Wildman–Crippen LogP) is 11.0. The van der Waals surface area contributed by atoms with Crippen molar-refractivity contribution in [1.82, 2.24) is 0 Å². The van der Waals surface area contributed by atoms with Crippen molar-refractivity contribution in [3.63, 3.8) is 0 Å². The highest BCUT2D eigenvalue weighted by molar-refractivity contribution is 6.40. The van der Waals surface area contributed by atoms with Gasteiger partial charge in [-0.1, -0.05) is 105 Å². The van der Waals surface area contributed by atoms with Gasteiger partial charge in [0.1, 0.15) is 6.10 Å². The lowest BCUT2D eigenvalue weighted by molar-refractivity contribution is -0.235. The Hall–Kier alpha value is -2.56. The van der Waals surface area contributed by atoms with Gasteiger partial charge in [-0.3, -0.25) is 19.2 Å². The third kappa shape index (κ3) is 6.29. The van der Waals surface area contributed by atoms with Gasteiger partial charge in [-0.2, -0.15) is 0 Å². The molecule has 0 aromatic heterocycles. The average molecular weight is 691 g/mol. The van der Waals surface area contributed by atoms with Crippen LogP contribution >= 0.6 is 0 Å². The van der Waals surface area contributed by atoms with Crippen molar-refractivity contribution in [2.75, 3.05) is 0 Å². The number of carbonyl (C=O) groups is 4. The number of ether oxygens (including phenoxy) is 1. The highest BCUT2D eigenvalue weighted by Crippen LogP contribution is 2.79. The van der Waals surface area contributed by atoms with Crippen molar-refractivity contribution >= 4 is 23.3 Å². The van der Waals surface area contributed by atoms with E-state index >= 15 is 0 Å². The topological polar surface area (TPSA) is 77.5 Å². The number of ketones is 3. The quantitative estimate of drug-likeness (QED) is 0.232. The number of Topliss-reactive ketones (excluding diaryl/α,β-unsaturated/α-hetero) is 3. The van der Waals surface area contributed by atoms with Crippen molar-refractivity contribution in [2.24, 2.45) is 50.7 Å². The molecule has 4 fully saturated rings. The second-order valence-corrected chi connectivity index (χ2v) is 17.5. The molecular weight excluding hydrogens is 620 g/mol. The minimum absolute atomic E-state index is 0. The van der Waals surface area contributed by atoms with Crippen LogP contribution in [0.1, 0.15) is 153 Å². The fourth-order valence-corrected chi connectivity index (χ4v) is 12.4. The summed E-state index contributed by atoms with van der Waals surface area (Å²) in [7, 11) is 0. The van der Waals surface area contributed by atoms with Gasteiger partial charge in [-0.25, -0.2) is 0 Å². The lowest BCUT2D eigenvalue weighted by atomic mass is 9.30.